The van der Waals surface area contributed by atoms with Gasteiger partial charge >= 0.3 is 73.9 Å². The van der Waals surface area contributed by atoms with Gasteiger partial charge in [0.15, 0.2) is 0 Å². The summed E-state index contributed by atoms with van der Waals surface area (Å²) in [6.45, 7) is 0. The van der Waals surface area contributed by atoms with Crippen LogP contribution in [0, 0.1) is 0 Å². The van der Waals surface area contributed by atoms with Crippen molar-refractivity contribution >= 4 is 19.0 Å². The van der Waals surface area contributed by atoms with Gasteiger partial charge in [-0.1, -0.05) is 0 Å². The molecular weight excluding hydrogens is 353 g/mol. The average molecular weight is 357 g/mol. The molecule has 2 heteroatoms. The molecule has 0 bridgehead atoms. The van der Waals surface area contributed by atoms with Gasteiger partial charge < -0.3 is 0 Å². The number of benzene rings is 1. The molecule has 0 heterocycles. The van der Waals surface area contributed by atoms with Crippen LogP contribution in [0.15, 0.2) is 28.7 Å². The van der Waals surface area contributed by atoms with E-state index < -0.39 is 0 Å². The summed E-state index contributed by atoms with van der Waals surface area (Å²) in [6.07, 6.45) is 0. The summed E-state index contributed by atoms with van der Waals surface area (Å²) in [6, 6.07) is 8.49. The first-order valence-corrected chi connectivity index (χ1v) is 5.91. The molecule has 1 aromatic rings. The van der Waals surface area contributed by atoms with E-state index in [1.807, 2.05) is 0 Å². The average Bonchev–Trinajstić information content (AvgIpc) is 1.77. The summed E-state index contributed by atoms with van der Waals surface area (Å²) < 4.78 is 2.67. The van der Waals surface area contributed by atoms with Crippen molar-refractivity contribution in [3.63, 3.8) is 0 Å². The predicted octanol–water partition coefficient (Wildman–Crippen LogP) is 1.62. The van der Waals surface area contributed by atoms with Crippen LogP contribution in [0.5, 0.6) is 0 Å². The van der Waals surface area contributed by atoms with Crippen molar-refractivity contribution in [2.45, 2.75) is 0 Å². The first kappa shape index (κ1) is 6.75. The fraction of sp³-hybridized carbons (Fsp3) is 0. The van der Waals surface area contributed by atoms with Crippen LogP contribution in [0.1, 0.15) is 0 Å². The summed E-state index contributed by atoms with van der Waals surface area (Å²) in [7, 11) is 0. The minimum atomic E-state index is 0.781. The normalized spacial score (nSPS) is 9.38. The van der Waals surface area contributed by atoms with E-state index in [1.165, 1.54) is 7.54 Å². The van der Waals surface area contributed by atoms with Gasteiger partial charge in [0, 0.05) is 0 Å². The Morgan fingerprint density at radius 1 is 1.12 bits per heavy atom. The van der Waals surface area contributed by atoms with Crippen LogP contribution in [0.4, 0.5) is 0 Å². The third kappa shape index (κ3) is 1.86. The standard InChI is InChI=1S/C6H4Br.Hg/c7-6-4-2-1-3-5-6;/h2-5H;/q;+1. The van der Waals surface area contributed by atoms with Crippen LogP contribution in [-0.4, -0.2) is 0 Å². The van der Waals surface area contributed by atoms with Crippen molar-refractivity contribution in [1.29, 1.82) is 0 Å². The second-order valence-corrected chi connectivity index (χ2v) is 5.72. The Bertz CT molecular complexity index is 147. The Kier molecular flexibility index (Phi) is 2.51. The Hall–Kier alpha value is 0.635. The van der Waals surface area contributed by atoms with E-state index in [9.17, 15) is 0 Å². The van der Waals surface area contributed by atoms with Gasteiger partial charge in [-0.3, -0.25) is 0 Å². The van der Waals surface area contributed by atoms with E-state index in [2.05, 4.69) is 40.2 Å². The van der Waals surface area contributed by atoms with Gasteiger partial charge in [-0.25, -0.2) is 0 Å². The third-order valence-corrected chi connectivity index (χ3v) is 3.27. The SMILES string of the molecule is Brc1cc[c]([Hg+])cc1. The Morgan fingerprint density at radius 2 is 1.62 bits per heavy atom. The molecule has 0 unspecified atom stereocenters. The van der Waals surface area contributed by atoms with E-state index in [1.54, 1.807) is 0 Å². The van der Waals surface area contributed by atoms with Gasteiger partial charge in [0.1, 0.15) is 0 Å². The molecule has 0 aliphatic carbocycles. The summed E-state index contributed by atoms with van der Waals surface area (Å²) >= 11 is 4.15. The van der Waals surface area contributed by atoms with E-state index in [0.29, 0.717) is 0 Å². The van der Waals surface area contributed by atoms with Gasteiger partial charge in [0.05, 0.1) is 0 Å². The molecule has 1 aromatic carbocycles. The molecule has 0 aliphatic heterocycles. The van der Waals surface area contributed by atoms with E-state index in [4.69, 9.17) is 0 Å². The van der Waals surface area contributed by atoms with Crippen LogP contribution in [0.25, 0.3) is 0 Å². The summed E-state index contributed by atoms with van der Waals surface area (Å²) in [5.74, 6) is 0. The molecular formula is C6H4BrHg+. The van der Waals surface area contributed by atoms with Crippen molar-refractivity contribution < 1.29 is 26.1 Å². The van der Waals surface area contributed by atoms with Crippen molar-refractivity contribution in [3.05, 3.63) is 28.7 Å². The molecule has 1 rings (SSSR count). The molecule has 0 aliphatic rings. The molecule has 0 atom stereocenters. The molecule has 0 saturated carbocycles. The fourth-order valence-electron chi connectivity index (χ4n) is 0.484. The molecule has 0 N–H and O–H groups in total. The van der Waals surface area contributed by atoms with Crippen LogP contribution in [-0.2, 0) is 26.1 Å². The number of hydrogen-bond acceptors (Lipinski definition) is 0. The van der Waals surface area contributed by atoms with Crippen molar-refractivity contribution in [3.8, 4) is 0 Å². The summed E-state index contributed by atoms with van der Waals surface area (Å²) in [5, 5.41) is 0. The van der Waals surface area contributed by atoms with Crippen LogP contribution >= 0.6 is 15.9 Å². The van der Waals surface area contributed by atoms with Crippen molar-refractivity contribution in [2.75, 3.05) is 0 Å². The number of rotatable bonds is 0. The fourth-order valence-corrected chi connectivity index (χ4v) is 1.67. The molecule has 0 spiro atoms. The van der Waals surface area contributed by atoms with Crippen LogP contribution < -0.4 is 3.07 Å². The van der Waals surface area contributed by atoms with Crippen molar-refractivity contribution in [1.82, 2.24) is 0 Å². The zero-order valence-corrected chi connectivity index (χ0v) is 11.5. The maximum atomic E-state index is 3.37. The number of hydrogen-bond donors (Lipinski definition) is 0. The quantitative estimate of drug-likeness (QED) is 0.620. The summed E-state index contributed by atoms with van der Waals surface area (Å²) in [4.78, 5) is 0. The zero-order valence-electron chi connectivity index (χ0n) is 4.39. The molecule has 0 amide bonds. The molecule has 0 aromatic heterocycles. The summed E-state index contributed by atoms with van der Waals surface area (Å²) in [5.41, 5.74) is 0. The van der Waals surface area contributed by atoms with E-state index >= 15 is 0 Å². The van der Waals surface area contributed by atoms with Gasteiger partial charge in [-0.05, 0) is 0 Å². The third-order valence-electron chi connectivity index (χ3n) is 0.913. The van der Waals surface area contributed by atoms with Crippen LogP contribution in [0.3, 0.4) is 0 Å². The maximum absolute atomic E-state index is 3.37. The Labute approximate surface area is 73.4 Å². The Morgan fingerprint density at radius 3 is 2.00 bits per heavy atom. The molecule has 0 nitrogen and oxygen atoms in total. The van der Waals surface area contributed by atoms with Gasteiger partial charge in [-0.2, -0.15) is 0 Å². The zero-order chi connectivity index (χ0) is 5.98. The van der Waals surface area contributed by atoms with E-state index in [0.717, 1.165) is 26.1 Å². The van der Waals surface area contributed by atoms with Crippen molar-refractivity contribution in [2.24, 2.45) is 0 Å². The predicted molar refractivity (Wildman–Crippen MR) is 33.8 cm³/mol. The Balaban J connectivity index is 3.03. The first-order valence-electron chi connectivity index (χ1n) is 2.36. The molecule has 8 heavy (non-hydrogen) atoms. The molecule has 36 valence electrons. The second kappa shape index (κ2) is 2.97. The number of halogens is 1. The van der Waals surface area contributed by atoms with Gasteiger partial charge in [0.2, 0.25) is 0 Å². The minimum absolute atomic E-state index is 0.781. The second-order valence-electron chi connectivity index (χ2n) is 1.63. The van der Waals surface area contributed by atoms with Gasteiger partial charge in [-0.15, -0.1) is 0 Å². The molecule has 0 saturated heterocycles. The van der Waals surface area contributed by atoms with Gasteiger partial charge in [0.25, 0.3) is 0 Å². The topological polar surface area (TPSA) is 0 Å². The molecule has 0 fully saturated rings. The first-order chi connectivity index (χ1) is 3.79. The molecule has 0 radical (unpaired) electrons. The monoisotopic (exact) mass is 357 g/mol. The van der Waals surface area contributed by atoms with E-state index in [-0.39, 0.29) is 0 Å². The van der Waals surface area contributed by atoms with Crippen LogP contribution in [0.2, 0.25) is 0 Å².